The predicted molar refractivity (Wildman–Crippen MR) is 234 cm³/mol. The average Bonchev–Trinajstić information content (AvgIpc) is 3.79. The summed E-state index contributed by atoms with van der Waals surface area (Å²) in [4.78, 5) is 83.1. The molecule has 0 unspecified atom stereocenters. The van der Waals surface area contributed by atoms with Gasteiger partial charge in [0.2, 0.25) is 23.6 Å². The SMILES string of the molecule is CN(C(=O)O)[C@H](C(=O)N1CC[C@H](O)[C@@H]1c1ccc(CN(Cc2ccc([C@H]3[C@@H](O)CCN3C(=O)[C@@H](N(C)C(=O)O)C(C)(C)CC(N)=O)cc2)c2ccc(F)cc2)cc1)C(C)(C)CC(N)=O. The van der Waals surface area contributed by atoms with Crippen LogP contribution in [0.25, 0.3) is 0 Å². The summed E-state index contributed by atoms with van der Waals surface area (Å²) < 4.78 is 14.1. The van der Waals surface area contributed by atoms with Crippen LogP contribution in [-0.4, -0.2) is 127 Å². The highest BCUT2D eigenvalue weighted by Gasteiger charge is 2.49. The Labute approximate surface area is 372 Å². The number of nitrogens with zero attached hydrogens (tertiary/aromatic N) is 5. The van der Waals surface area contributed by atoms with E-state index in [4.69, 9.17) is 11.5 Å². The molecule has 0 radical (unpaired) electrons. The highest BCUT2D eigenvalue weighted by molar-refractivity contribution is 5.89. The number of halogens is 1. The van der Waals surface area contributed by atoms with Crippen LogP contribution < -0.4 is 16.4 Å². The molecule has 8 N–H and O–H groups in total. The number of likely N-dealkylation sites (tertiary alicyclic amines) is 2. The summed E-state index contributed by atoms with van der Waals surface area (Å²) in [6, 6.07) is 16.5. The molecule has 0 spiro atoms. The molecule has 2 aliphatic heterocycles. The van der Waals surface area contributed by atoms with Crippen LogP contribution in [0.1, 0.15) is 87.7 Å². The molecule has 0 saturated carbocycles. The van der Waals surface area contributed by atoms with Gasteiger partial charge in [-0.2, -0.15) is 0 Å². The van der Waals surface area contributed by atoms with E-state index in [1.807, 2.05) is 29.2 Å². The predicted octanol–water partition coefficient (Wildman–Crippen LogP) is 4.06. The van der Waals surface area contributed by atoms with Crippen molar-refractivity contribution >= 4 is 41.5 Å². The normalized spacial score (nSPS) is 19.8. The molecule has 346 valence electrons. The Hall–Kier alpha value is -6.27. The molecular weight excluding hydrogens is 830 g/mol. The Morgan fingerprint density at radius 3 is 1.30 bits per heavy atom. The molecule has 2 saturated heterocycles. The molecule has 0 bridgehead atoms. The lowest BCUT2D eigenvalue weighted by Crippen LogP contribution is -2.56. The fraction of sp³-hybridized carbons (Fsp3) is 0.478. The second-order valence-corrected chi connectivity index (χ2v) is 18.3. The van der Waals surface area contributed by atoms with Gasteiger partial charge in [-0.1, -0.05) is 76.2 Å². The average molecular weight is 890 g/mol. The minimum absolute atomic E-state index is 0.159. The van der Waals surface area contributed by atoms with E-state index in [1.165, 1.54) is 36.0 Å². The first-order chi connectivity index (χ1) is 29.9. The van der Waals surface area contributed by atoms with Gasteiger partial charge in [0, 0.05) is 69.6 Å². The Kier molecular flexibility index (Phi) is 15.0. The lowest BCUT2D eigenvalue weighted by atomic mass is 9.79. The van der Waals surface area contributed by atoms with Gasteiger partial charge in [0.05, 0.1) is 24.3 Å². The summed E-state index contributed by atoms with van der Waals surface area (Å²) in [7, 11) is 2.53. The van der Waals surface area contributed by atoms with Crippen LogP contribution in [-0.2, 0) is 32.3 Å². The maximum Gasteiger partial charge on any atom is 0.407 e. The largest absolute Gasteiger partial charge is 0.465 e. The molecule has 5 rings (SSSR count). The topological polar surface area (TPSA) is 252 Å². The summed E-state index contributed by atoms with van der Waals surface area (Å²) in [5, 5.41) is 42.0. The number of benzene rings is 3. The minimum Gasteiger partial charge on any atom is -0.465 e. The maximum absolute atomic E-state index is 14.2. The standard InChI is InChI=1S/C46H60FN7O10/c1-45(2,23-35(48)57)39(50(5)43(61)62)41(59)53-21-19-33(55)37(53)29-11-7-27(8-12-29)25-52(32-17-15-31(47)16-18-32)26-28-9-13-30(14-10-28)38-34(56)20-22-54(38)42(60)40(51(6)44(63)64)46(3,4)24-36(49)58/h7-18,33-34,37-40,55-56H,19-26H2,1-6H3,(H2,48,57)(H2,49,58)(H,61,62)(H,63,64)/t33-,34-,37-,38-,39+,40+/m0/s1. The first-order valence-corrected chi connectivity index (χ1v) is 21.1. The number of primary amides is 2. The number of carboxylic acid groups (broad SMARTS) is 2. The zero-order chi connectivity index (χ0) is 47.4. The zero-order valence-electron chi connectivity index (χ0n) is 37.1. The van der Waals surface area contributed by atoms with Crippen molar-refractivity contribution in [1.82, 2.24) is 19.6 Å². The number of aliphatic hydroxyl groups excluding tert-OH is 2. The third-order valence-corrected chi connectivity index (χ3v) is 12.5. The van der Waals surface area contributed by atoms with Crippen molar-refractivity contribution in [3.05, 3.63) is 101 Å². The van der Waals surface area contributed by atoms with Gasteiger partial charge in [-0.3, -0.25) is 29.0 Å². The van der Waals surface area contributed by atoms with Gasteiger partial charge in [0.1, 0.15) is 17.9 Å². The Balaban J connectivity index is 1.38. The van der Waals surface area contributed by atoms with E-state index in [1.54, 1.807) is 64.1 Å². The minimum atomic E-state index is -1.36. The molecule has 3 aromatic carbocycles. The smallest absolute Gasteiger partial charge is 0.407 e. The first-order valence-electron chi connectivity index (χ1n) is 21.1. The number of carbonyl (C=O) groups is 6. The van der Waals surface area contributed by atoms with Crippen LogP contribution in [0.2, 0.25) is 0 Å². The second kappa shape index (κ2) is 19.6. The van der Waals surface area contributed by atoms with Crippen molar-refractivity contribution < 1.29 is 53.6 Å². The number of aliphatic hydroxyl groups is 2. The summed E-state index contributed by atoms with van der Waals surface area (Å²) in [5.74, 6) is -2.90. The summed E-state index contributed by atoms with van der Waals surface area (Å²) in [5.41, 5.74) is 12.3. The highest BCUT2D eigenvalue weighted by Crippen LogP contribution is 2.40. The molecule has 6 atom stereocenters. The Morgan fingerprint density at radius 1 is 0.641 bits per heavy atom. The van der Waals surface area contributed by atoms with E-state index in [9.17, 15) is 53.6 Å². The zero-order valence-corrected chi connectivity index (χ0v) is 37.1. The van der Waals surface area contributed by atoms with Crippen LogP contribution in [0, 0.1) is 16.6 Å². The molecule has 2 fully saturated rings. The molecule has 2 heterocycles. The molecule has 0 aliphatic carbocycles. The van der Waals surface area contributed by atoms with E-state index in [-0.39, 0.29) is 38.8 Å². The van der Waals surface area contributed by atoms with E-state index in [2.05, 4.69) is 0 Å². The number of amides is 6. The number of likely N-dealkylation sites (N-methyl/N-ethyl adjacent to an activating group) is 2. The second-order valence-electron chi connectivity index (χ2n) is 18.3. The molecule has 17 nitrogen and oxygen atoms in total. The van der Waals surface area contributed by atoms with Gasteiger partial charge < -0.3 is 46.6 Å². The van der Waals surface area contributed by atoms with E-state index < -0.39 is 88.8 Å². The fourth-order valence-electron chi connectivity index (χ4n) is 9.50. The molecule has 3 aromatic rings. The van der Waals surface area contributed by atoms with Crippen molar-refractivity contribution in [3.8, 4) is 0 Å². The lowest BCUT2D eigenvalue weighted by Gasteiger charge is -2.41. The molecule has 18 heteroatoms. The summed E-state index contributed by atoms with van der Waals surface area (Å²) in [6.07, 6.45) is -4.60. The molecular formula is C46H60FN7O10. The highest BCUT2D eigenvalue weighted by atomic mass is 19.1. The van der Waals surface area contributed by atoms with Crippen LogP contribution in [0.3, 0.4) is 0 Å². The quantitative estimate of drug-likeness (QED) is 0.113. The molecule has 2 aliphatic rings. The number of nitrogens with two attached hydrogens (primary N) is 2. The number of rotatable bonds is 17. The van der Waals surface area contributed by atoms with Gasteiger partial charge >= 0.3 is 12.2 Å². The third kappa shape index (κ3) is 10.9. The summed E-state index contributed by atoms with van der Waals surface area (Å²) >= 11 is 0. The summed E-state index contributed by atoms with van der Waals surface area (Å²) in [6.45, 7) is 7.42. The van der Waals surface area contributed by atoms with Crippen LogP contribution in [0.5, 0.6) is 0 Å². The van der Waals surface area contributed by atoms with Crippen LogP contribution in [0.15, 0.2) is 72.8 Å². The van der Waals surface area contributed by atoms with E-state index in [0.717, 1.165) is 20.9 Å². The fourth-order valence-corrected chi connectivity index (χ4v) is 9.50. The van der Waals surface area contributed by atoms with Gasteiger partial charge in [-0.15, -0.1) is 0 Å². The van der Waals surface area contributed by atoms with Gasteiger partial charge in [-0.25, -0.2) is 14.0 Å². The third-order valence-electron chi connectivity index (χ3n) is 12.5. The monoisotopic (exact) mass is 889 g/mol. The van der Waals surface area contributed by atoms with E-state index >= 15 is 0 Å². The number of anilines is 1. The Morgan fingerprint density at radius 2 is 0.984 bits per heavy atom. The number of carbonyl (C=O) groups excluding carboxylic acids is 4. The van der Waals surface area contributed by atoms with Crippen molar-refractivity contribution in [1.29, 1.82) is 0 Å². The molecule has 64 heavy (non-hydrogen) atoms. The van der Waals surface area contributed by atoms with Gasteiger partial charge in [0.15, 0.2) is 0 Å². The van der Waals surface area contributed by atoms with Crippen molar-refractivity contribution in [3.63, 3.8) is 0 Å². The number of hydrogen-bond acceptors (Lipinski definition) is 9. The maximum atomic E-state index is 14.2. The molecule has 0 aromatic heterocycles. The van der Waals surface area contributed by atoms with Crippen molar-refractivity contribution in [2.45, 2.75) is 103 Å². The van der Waals surface area contributed by atoms with Gasteiger partial charge in [0.25, 0.3) is 0 Å². The van der Waals surface area contributed by atoms with Crippen molar-refractivity contribution in [2.75, 3.05) is 32.1 Å². The Bertz CT molecular complexity index is 2060. The van der Waals surface area contributed by atoms with Gasteiger partial charge in [-0.05, 0) is 59.4 Å². The lowest BCUT2D eigenvalue weighted by molar-refractivity contribution is -0.144. The first kappa shape index (κ1) is 48.8. The van der Waals surface area contributed by atoms with Crippen LogP contribution >= 0.6 is 0 Å². The van der Waals surface area contributed by atoms with Crippen LogP contribution in [0.4, 0.5) is 19.7 Å². The van der Waals surface area contributed by atoms with E-state index in [0.29, 0.717) is 29.9 Å². The molecule has 6 amide bonds. The van der Waals surface area contributed by atoms with Crippen molar-refractivity contribution in [2.24, 2.45) is 22.3 Å². The number of hydrogen-bond donors (Lipinski definition) is 6.